The average Bonchev–Trinajstić information content (AvgIpc) is 3.25. The van der Waals surface area contributed by atoms with Gasteiger partial charge >= 0.3 is 0 Å². The molecule has 3 aromatic rings. The van der Waals surface area contributed by atoms with E-state index in [4.69, 9.17) is 0 Å². The molecule has 2 aromatic carbocycles. The lowest BCUT2D eigenvalue weighted by molar-refractivity contribution is 0.0943. The number of carbonyl (C=O) groups is 1. The van der Waals surface area contributed by atoms with Crippen molar-refractivity contribution >= 4 is 27.1 Å². The van der Waals surface area contributed by atoms with Gasteiger partial charge in [-0.3, -0.25) is 4.79 Å². The highest BCUT2D eigenvalue weighted by Gasteiger charge is 2.20. The lowest BCUT2D eigenvalue weighted by Crippen LogP contribution is -2.29. The molecule has 3 rings (SSSR count). The molecule has 0 saturated heterocycles. The molecular formula is C23H25NO3S2. The number of sulfone groups is 1. The van der Waals surface area contributed by atoms with E-state index in [1.807, 2.05) is 17.5 Å². The molecule has 1 heterocycles. The largest absolute Gasteiger partial charge is 0.340 e. The third kappa shape index (κ3) is 5.14. The molecule has 2 atom stereocenters. The first-order valence-corrected chi connectivity index (χ1v) is 12.3. The molecule has 0 saturated carbocycles. The van der Waals surface area contributed by atoms with Crippen molar-refractivity contribution in [2.45, 2.75) is 37.1 Å². The van der Waals surface area contributed by atoms with Crippen molar-refractivity contribution in [1.82, 2.24) is 5.32 Å². The second-order valence-electron chi connectivity index (χ2n) is 7.20. The second-order valence-corrected chi connectivity index (χ2v) is 10.2. The van der Waals surface area contributed by atoms with Gasteiger partial charge in [-0.05, 0) is 53.1 Å². The third-order valence-corrected chi connectivity index (χ3v) is 7.13. The van der Waals surface area contributed by atoms with Crippen LogP contribution in [0.4, 0.5) is 0 Å². The maximum atomic E-state index is 12.9. The van der Waals surface area contributed by atoms with Crippen molar-refractivity contribution in [3.8, 4) is 0 Å². The first-order chi connectivity index (χ1) is 13.8. The molecule has 0 spiro atoms. The van der Waals surface area contributed by atoms with Crippen LogP contribution < -0.4 is 5.32 Å². The van der Waals surface area contributed by atoms with E-state index in [9.17, 15) is 13.2 Å². The zero-order valence-corrected chi connectivity index (χ0v) is 18.4. The molecule has 2 unspecified atom stereocenters. The summed E-state index contributed by atoms with van der Waals surface area (Å²) in [6.07, 6.45) is 2.21. The minimum Gasteiger partial charge on any atom is -0.340 e. The summed E-state index contributed by atoms with van der Waals surface area (Å²) < 4.78 is 23.6. The molecule has 29 heavy (non-hydrogen) atoms. The van der Waals surface area contributed by atoms with Crippen molar-refractivity contribution in [2.24, 2.45) is 0 Å². The van der Waals surface area contributed by atoms with Crippen molar-refractivity contribution in [3.05, 3.63) is 87.6 Å². The van der Waals surface area contributed by atoms with Gasteiger partial charge in [0, 0.05) is 16.7 Å². The van der Waals surface area contributed by atoms with Crippen LogP contribution in [-0.4, -0.2) is 20.6 Å². The van der Waals surface area contributed by atoms with Crippen molar-refractivity contribution < 1.29 is 13.2 Å². The Bertz CT molecular complexity index is 1070. The molecule has 152 valence electrons. The van der Waals surface area contributed by atoms with Crippen LogP contribution in [0.3, 0.4) is 0 Å². The minimum atomic E-state index is -3.38. The molecule has 0 aliphatic rings. The van der Waals surface area contributed by atoms with Gasteiger partial charge in [-0.25, -0.2) is 8.42 Å². The Kier molecular flexibility index (Phi) is 6.55. The minimum absolute atomic E-state index is 0.135. The average molecular weight is 428 g/mol. The summed E-state index contributed by atoms with van der Waals surface area (Å²) in [6.45, 7) is 4.36. The molecule has 4 nitrogen and oxygen atoms in total. The van der Waals surface area contributed by atoms with Crippen LogP contribution in [0, 0.1) is 0 Å². The first-order valence-electron chi connectivity index (χ1n) is 9.54. The van der Waals surface area contributed by atoms with Crippen LogP contribution in [0.15, 0.2) is 70.9 Å². The molecule has 1 amide bonds. The van der Waals surface area contributed by atoms with Crippen LogP contribution in [0.2, 0.25) is 0 Å². The third-order valence-electron chi connectivity index (χ3n) is 5.08. The highest BCUT2D eigenvalue weighted by molar-refractivity contribution is 7.90. The lowest BCUT2D eigenvalue weighted by atomic mass is 9.95. The van der Waals surface area contributed by atoms with Gasteiger partial charge in [0.2, 0.25) is 0 Å². The number of benzene rings is 2. The topological polar surface area (TPSA) is 63.2 Å². The molecule has 6 heteroatoms. The maximum absolute atomic E-state index is 12.9. The van der Waals surface area contributed by atoms with Crippen molar-refractivity contribution in [2.75, 3.05) is 6.26 Å². The zero-order chi connectivity index (χ0) is 21.0. The molecule has 0 bridgehead atoms. The van der Waals surface area contributed by atoms with Gasteiger partial charge in [0.05, 0.1) is 10.9 Å². The fourth-order valence-corrected chi connectivity index (χ4v) is 4.58. The van der Waals surface area contributed by atoms with Gasteiger partial charge in [0.15, 0.2) is 9.84 Å². The Morgan fingerprint density at radius 1 is 1.03 bits per heavy atom. The highest BCUT2D eigenvalue weighted by atomic mass is 32.2. The summed E-state index contributed by atoms with van der Waals surface area (Å²) in [5, 5.41) is 5.05. The Morgan fingerprint density at radius 3 is 2.31 bits per heavy atom. The van der Waals surface area contributed by atoms with E-state index in [1.54, 1.807) is 23.5 Å². The predicted molar refractivity (Wildman–Crippen MR) is 118 cm³/mol. The van der Waals surface area contributed by atoms with Crippen LogP contribution >= 0.6 is 11.3 Å². The van der Waals surface area contributed by atoms with E-state index in [1.165, 1.54) is 17.7 Å². The Labute approximate surface area is 176 Å². The van der Waals surface area contributed by atoms with E-state index in [2.05, 4.69) is 43.4 Å². The SMILES string of the molecule is CCC(C)c1ccc(C(NC(=O)c2cccc(S(C)(=O)=O)c2)c2cccs2)cc1. The zero-order valence-electron chi connectivity index (χ0n) is 16.8. The molecule has 0 aliphatic heterocycles. The van der Waals surface area contributed by atoms with Crippen molar-refractivity contribution in [3.63, 3.8) is 0 Å². The number of hydrogen-bond donors (Lipinski definition) is 1. The van der Waals surface area contributed by atoms with Gasteiger partial charge in [0.25, 0.3) is 5.91 Å². The number of rotatable bonds is 7. The van der Waals surface area contributed by atoms with Crippen molar-refractivity contribution in [1.29, 1.82) is 0 Å². The summed E-state index contributed by atoms with van der Waals surface area (Å²) in [6, 6.07) is 18.1. The molecule has 0 fully saturated rings. The molecule has 1 N–H and O–H groups in total. The maximum Gasteiger partial charge on any atom is 0.252 e. The van der Waals surface area contributed by atoms with Gasteiger partial charge in [-0.15, -0.1) is 11.3 Å². The van der Waals surface area contributed by atoms with Gasteiger partial charge in [-0.2, -0.15) is 0 Å². The molecule has 1 aromatic heterocycles. The monoisotopic (exact) mass is 427 g/mol. The lowest BCUT2D eigenvalue weighted by Gasteiger charge is -2.19. The van der Waals surface area contributed by atoms with E-state index >= 15 is 0 Å². The highest BCUT2D eigenvalue weighted by Crippen LogP contribution is 2.28. The number of hydrogen-bond acceptors (Lipinski definition) is 4. The Hall–Kier alpha value is -2.44. The first kappa shape index (κ1) is 21.3. The van der Waals surface area contributed by atoms with E-state index in [-0.39, 0.29) is 16.8 Å². The summed E-state index contributed by atoms with van der Waals surface area (Å²) in [5.74, 6) is 0.178. The summed E-state index contributed by atoms with van der Waals surface area (Å²) in [4.78, 5) is 14.1. The summed E-state index contributed by atoms with van der Waals surface area (Å²) in [7, 11) is -3.38. The van der Waals surface area contributed by atoms with Gasteiger partial charge in [-0.1, -0.05) is 50.2 Å². The quantitative estimate of drug-likeness (QED) is 0.565. The smallest absolute Gasteiger partial charge is 0.252 e. The van der Waals surface area contributed by atoms with Crippen LogP contribution in [-0.2, 0) is 9.84 Å². The standard InChI is InChI=1S/C23H25NO3S2/c1-4-16(2)17-10-12-18(13-11-17)22(21-9-6-14-28-21)24-23(25)19-7-5-8-20(15-19)29(3,26)27/h5-16,22H,4H2,1-3H3,(H,24,25). The van der Waals surface area contributed by atoms with Crippen LogP contribution in [0.1, 0.15) is 58.6 Å². The Morgan fingerprint density at radius 2 is 1.72 bits per heavy atom. The fourth-order valence-electron chi connectivity index (χ4n) is 3.11. The number of nitrogens with one attached hydrogen (secondary N) is 1. The van der Waals surface area contributed by atoms with Crippen LogP contribution in [0.5, 0.6) is 0 Å². The second kappa shape index (κ2) is 8.93. The number of amides is 1. The summed E-state index contributed by atoms with van der Waals surface area (Å²) >= 11 is 1.57. The normalized spacial score (nSPS) is 13.6. The molecular weight excluding hydrogens is 402 g/mol. The number of thiophene rings is 1. The van der Waals surface area contributed by atoms with E-state index < -0.39 is 9.84 Å². The fraction of sp³-hybridized carbons (Fsp3) is 0.261. The predicted octanol–water partition coefficient (Wildman–Crippen LogP) is 5.18. The Balaban J connectivity index is 1.90. The van der Waals surface area contributed by atoms with E-state index in [0.29, 0.717) is 11.5 Å². The van der Waals surface area contributed by atoms with Crippen LogP contribution in [0.25, 0.3) is 0 Å². The summed E-state index contributed by atoms with van der Waals surface area (Å²) in [5.41, 5.74) is 2.59. The van der Waals surface area contributed by atoms with E-state index in [0.717, 1.165) is 23.1 Å². The van der Waals surface area contributed by atoms with Gasteiger partial charge < -0.3 is 5.32 Å². The molecule has 0 radical (unpaired) electrons. The molecule has 0 aliphatic carbocycles. The number of carbonyl (C=O) groups excluding carboxylic acids is 1. The van der Waals surface area contributed by atoms with Gasteiger partial charge in [0.1, 0.15) is 0 Å².